The van der Waals surface area contributed by atoms with E-state index >= 15 is 0 Å². The van der Waals surface area contributed by atoms with Crippen LogP contribution in [-0.4, -0.2) is 37.3 Å². The van der Waals surface area contributed by atoms with Gasteiger partial charge in [-0.25, -0.2) is 4.39 Å². The summed E-state index contributed by atoms with van der Waals surface area (Å²) in [6.45, 7) is 2.20. The Hall–Kier alpha value is -0.370. The first-order valence-corrected chi connectivity index (χ1v) is 7.12. The maximum atomic E-state index is 14.0. The summed E-state index contributed by atoms with van der Waals surface area (Å²) in [4.78, 5) is 1.69. The molecule has 1 N–H and O–H groups in total. The van der Waals surface area contributed by atoms with Gasteiger partial charge in [-0.3, -0.25) is 4.90 Å². The van der Waals surface area contributed by atoms with Crippen LogP contribution < -0.4 is 5.32 Å². The highest BCUT2D eigenvalue weighted by atomic mass is 79.9. The van der Waals surface area contributed by atoms with Crippen LogP contribution in [0.4, 0.5) is 17.6 Å². The van der Waals surface area contributed by atoms with Crippen molar-refractivity contribution in [3.63, 3.8) is 0 Å². The van der Waals surface area contributed by atoms with Crippen molar-refractivity contribution in [1.82, 2.24) is 10.2 Å². The van der Waals surface area contributed by atoms with Crippen LogP contribution in [0.1, 0.15) is 18.0 Å². The molecule has 21 heavy (non-hydrogen) atoms. The van der Waals surface area contributed by atoms with Gasteiger partial charge in [-0.15, -0.1) is 12.4 Å². The Balaban J connectivity index is 0.00000220. The van der Waals surface area contributed by atoms with E-state index < -0.39 is 24.5 Å². The molecule has 0 spiro atoms. The van der Waals surface area contributed by atoms with Gasteiger partial charge in [0.2, 0.25) is 0 Å². The second-order valence-corrected chi connectivity index (χ2v) is 5.70. The molecule has 0 unspecified atom stereocenters. The van der Waals surface area contributed by atoms with Crippen LogP contribution in [-0.2, 0) is 0 Å². The SMILES string of the molecule is Cl.Fc1cc(Br)ccc1[C@@H](CC(F)(F)F)N1CCNCC1. The number of benzene rings is 1. The molecular weight excluding hydrogens is 376 g/mol. The Morgan fingerprint density at radius 3 is 2.38 bits per heavy atom. The normalized spacial score (nSPS) is 18.1. The van der Waals surface area contributed by atoms with Gasteiger partial charge in [0.05, 0.1) is 6.42 Å². The Labute approximate surface area is 135 Å². The largest absolute Gasteiger partial charge is 0.390 e. The highest BCUT2D eigenvalue weighted by molar-refractivity contribution is 9.10. The second-order valence-electron chi connectivity index (χ2n) is 4.79. The predicted molar refractivity (Wildman–Crippen MR) is 79.2 cm³/mol. The summed E-state index contributed by atoms with van der Waals surface area (Å²) in [5.41, 5.74) is 0.104. The summed E-state index contributed by atoms with van der Waals surface area (Å²) < 4.78 is 52.9. The number of hydrogen-bond donors (Lipinski definition) is 1. The van der Waals surface area contributed by atoms with E-state index in [1.165, 1.54) is 12.1 Å². The van der Waals surface area contributed by atoms with Crippen molar-refractivity contribution >= 4 is 28.3 Å². The maximum Gasteiger partial charge on any atom is 0.390 e. The minimum Gasteiger partial charge on any atom is -0.314 e. The summed E-state index contributed by atoms with van der Waals surface area (Å²) in [7, 11) is 0. The third-order valence-electron chi connectivity index (χ3n) is 3.34. The molecule has 1 heterocycles. The van der Waals surface area contributed by atoms with Crippen LogP contribution in [0.5, 0.6) is 0 Å². The topological polar surface area (TPSA) is 15.3 Å². The van der Waals surface area contributed by atoms with E-state index in [0.29, 0.717) is 30.7 Å². The monoisotopic (exact) mass is 390 g/mol. The summed E-state index contributed by atoms with van der Waals surface area (Å²) in [6, 6.07) is 3.24. The molecule has 0 saturated carbocycles. The summed E-state index contributed by atoms with van der Waals surface area (Å²) in [5.74, 6) is -0.604. The standard InChI is InChI=1S/C13H15BrF4N2.ClH/c14-9-1-2-10(11(15)7-9)12(8-13(16,17)18)20-5-3-19-4-6-20;/h1-2,7,12,19H,3-6,8H2;1H/t12-;/m1./s1. The molecular formula is C13H16BrClF4N2. The fourth-order valence-electron chi connectivity index (χ4n) is 2.42. The van der Waals surface area contributed by atoms with Crippen molar-refractivity contribution in [2.45, 2.75) is 18.6 Å². The molecule has 1 aromatic carbocycles. The first-order chi connectivity index (χ1) is 9.37. The minimum atomic E-state index is -4.32. The summed E-state index contributed by atoms with van der Waals surface area (Å²) in [5, 5.41) is 3.08. The highest BCUT2D eigenvalue weighted by Gasteiger charge is 2.37. The lowest BCUT2D eigenvalue weighted by Crippen LogP contribution is -2.46. The van der Waals surface area contributed by atoms with Crippen molar-refractivity contribution in [3.05, 3.63) is 34.1 Å². The highest BCUT2D eigenvalue weighted by Crippen LogP contribution is 2.35. The summed E-state index contributed by atoms with van der Waals surface area (Å²) in [6.07, 6.45) is -5.36. The number of halogens is 6. The molecule has 1 atom stereocenters. The van der Waals surface area contributed by atoms with Crippen LogP contribution in [0.2, 0.25) is 0 Å². The van der Waals surface area contributed by atoms with E-state index in [1.807, 2.05) is 0 Å². The molecule has 2 rings (SSSR count). The van der Waals surface area contributed by atoms with Gasteiger partial charge >= 0.3 is 6.18 Å². The molecule has 0 bridgehead atoms. The fourth-order valence-corrected chi connectivity index (χ4v) is 2.75. The zero-order chi connectivity index (χ0) is 14.8. The van der Waals surface area contributed by atoms with Gasteiger partial charge in [0.15, 0.2) is 0 Å². The molecule has 120 valence electrons. The Bertz CT molecular complexity index is 464. The third-order valence-corrected chi connectivity index (χ3v) is 3.83. The van der Waals surface area contributed by atoms with E-state index in [2.05, 4.69) is 21.2 Å². The zero-order valence-electron chi connectivity index (χ0n) is 11.1. The molecule has 1 fully saturated rings. The van der Waals surface area contributed by atoms with Crippen molar-refractivity contribution in [2.75, 3.05) is 26.2 Å². The zero-order valence-corrected chi connectivity index (χ0v) is 13.5. The van der Waals surface area contributed by atoms with Crippen LogP contribution in [0, 0.1) is 5.82 Å². The van der Waals surface area contributed by atoms with Gasteiger partial charge in [0.1, 0.15) is 5.82 Å². The lowest BCUT2D eigenvalue weighted by Gasteiger charge is -2.35. The molecule has 0 radical (unpaired) electrons. The average Bonchev–Trinajstić information content (AvgIpc) is 2.36. The van der Waals surface area contributed by atoms with Crippen molar-refractivity contribution in [2.24, 2.45) is 0 Å². The Kier molecular flexibility index (Phi) is 6.90. The van der Waals surface area contributed by atoms with Crippen molar-refractivity contribution in [1.29, 1.82) is 0 Å². The van der Waals surface area contributed by atoms with Crippen LogP contribution >= 0.6 is 28.3 Å². The van der Waals surface area contributed by atoms with E-state index in [1.54, 1.807) is 11.0 Å². The first kappa shape index (κ1) is 18.7. The molecule has 1 aliphatic rings. The molecule has 0 aliphatic carbocycles. The number of alkyl halides is 3. The maximum absolute atomic E-state index is 14.0. The quantitative estimate of drug-likeness (QED) is 0.786. The van der Waals surface area contributed by atoms with Crippen LogP contribution in [0.15, 0.2) is 22.7 Å². The smallest absolute Gasteiger partial charge is 0.314 e. The fraction of sp³-hybridized carbons (Fsp3) is 0.538. The summed E-state index contributed by atoms with van der Waals surface area (Å²) >= 11 is 3.12. The lowest BCUT2D eigenvalue weighted by molar-refractivity contribution is -0.149. The van der Waals surface area contributed by atoms with Gasteiger partial charge in [-0.1, -0.05) is 22.0 Å². The third kappa shape index (κ3) is 5.39. The second kappa shape index (κ2) is 7.76. The van der Waals surface area contributed by atoms with E-state index in [9.17, 15) is 17.6 Å². The lowest BCUT2D eigenvalue weighted by atomic mass is 10.0. The predicted octanol–water partition coefficient (Wildman–Crippen LogP) is 3.91. The van der Waals surface area contributed by atoms with Gasteiger partial charge in [-0.2, -0.15) is 13.2 Å². The molecule has 1 saturated heterocycles. The van der Waals surface area contributed by atoms with Gasteiger partial charge < -0.3 is 5.32 Å². The first-order valence-electron chi connectivity index (χ1n) is 6.33. The number of hydrogen-bond acceptors (Lipinski definition) is 2. The van der Waals surface area contributed by atoms with E-state index in [0.717, 1.165) is 0 Å². The van der Waals surface area contributed by atoms with Crippen molar-refractivity contribution < 1.29 is 17.6 Å². The van der Waals surface area contributed by atoms with Gasteiger partial charge in [0.25, 0.3) is 0 Å². The molecule has 1 aliphatic heterocycles. The number of rotatable bonds is 3. The molecule has 0 aromatic heterocycles. The van der Waals surface area contributed by atoms with Crippen LogP contribution in [0.3, 0.4) is 0 Å². The molecule has 0 amide bonds. The Morgan fingerprint density at radius 2 is 1.86 bits per heavy atom. The molecule has 2 nitrogen and oxygen atoms in total. The Morgan fingerprint density at radius 1 is 1.24 bits per heavy atom. The number of nitrogens with zero attached hydrogens (tertiary/aromatic N) is 1. The molecule has 8 heteroatoms. The number of piperazine rings is 1. The van der Waals surface area contributed by atoms with Gasteiger partial charge in [-0.05, 0) is 12.1 Å². The van der Waals surface area contributed by atoms with E-state index in [4.69, 9.17) is 0 Å². The van der Waals surface area contributed by atoms with E-state index in [-0.39, 0.29) is 18.0 Å². The molecule has 1 aromatic rings. The number of nitrogens with one attached hydrogen (secondary N) is 1. The average molecular weight is 392 g/mol. The van der Waals surface area contributed by atoms with Crippen LogP contribution in [0.25, 0.3) is 0 Å². The van der Waals surface area contributed by atoms with Crippen molar-refractivity contribution in [3.8, 4) is 0 Å². The van der Waals surface area contributed by atoms with Gasteiger partial charge in [0, 0.05) is 42.3 Å². The minimum absolute atomic E-state index is 0.